The highest BCUT2D eigenvalue weighted by molar-refractivity contribution is 5.96. The van der Waals surface area contributed by atoms with Crippen LogP contribution in [-0.4, -0.2) is 9.97 Å². The predicted molar refractivity (Wildman–Crippen MR) is 256 cm³/mol. The molecule has 1 spiro atoms. The molecule has 2 heterocycles. The molecule has 0 radical (unpaired) electrons. The summed E-state index contributed by atoms with van der Waals surface area (Å²) in [5.41, 5.74) is 22.6. The third kappa shape index (κ3) is 5.88. The van der Waals surface area contributed by atoms with Gasteiger partial charge in [0.25, 0.3) is 0 Å². The smallest absolute Gasteiger partial charge is 0.0991 e. The summed E-state index contributed by atoms with van der Waals surface area (Å²) in [6.45, 7) is 0. The average Bonchev–Trinajstić information content (AvgIpc) is 3.83. The lowest BCUT2D eigenvalue weighted by atomic mass is 9.70. The van der Waals surface area contributed by atoms with Crippen molar-refractivity contribution in [1.29, 1.82) is 5.26 Å². The fourth-order valence-corrected chi connectivity index (χ4v) is 10.1. The molecular weight excluding hydrogens is 763 g/mol. The molecule has 0 unspecified atom stereocenters. The van der Waals surface area contributed by atoms with Crippen LogP contribution in [-0.2, 0) is 5.41 Å². The van der Waals surface area contributed by atoms with E-state index in [1.807, 2.05) is 36.7 Å². The molecule has 2 aliphatic rings. The van der Waals surface area contributed by atoms with Crippen molar-refractivity contribution in [2.75, 3.05) is 0 Å². The Bertz CT molecular complexity index is 3390. The zero-order valence-corrected chi connectivity index (χ0v) is 34.2. The Labute approximate surface area is 366 Å². The van der Waals surface area contributed by atoms with Gasteiger partial charge in [-0.15, -0.1) is 0 Å². The number of pyridine rings is 2. The summed E-state index contributed by atoms with van der Waals surface area (Å²) in [6.07, 6.45) is 3.77. The molecule has 0 fully saturated rings. The maximum atomic E-state index is 10.2. The number of hydrogen-bond acceptors (Lipinski definition) is 3. The molecule has 0 saturated heterocycles. The van der Waals surface area contributed by atoms with E-state index in [0.717, 1.165) is 61.5 Å². The molecule has 292 valence electrons. The van der Waals surface area contributed by atoms with Crippen LogP contribution in [0.4, 0.5) is 0 Å². The Hall–Kier alpha value is -8.45. The zero-order chi connectivity index (χ0) is 41.9. The second-order valence-electron chi connectivity index (χ2n) is 16.5. The average molecular weight is 800 g/mol. The van der Waals surface area contributed by atoms with Gasteiger partial charge >= 0.3 is 0 Å². The first-order valence-corrected chi connectivity index (χ1v) is 21.3. The summed E-state index contributed by atoms with van der Waals surface area (Å²) in [5, 5.41) is 10.2. The van der Waals surface area contributed by atoms with Gasteiger partial charge in [0.15, 0.2) is 0 Å². The van der Waals surface area contributed by atoms with Crippen LogP contribution in [0.2, 0.25) is 0 Å². The predicted octanol–water partition coefficient (Wildman–Crippen LogP) is 14.7. The zero-order valence-electron chi connectivity index (χ0n) is 34.2. The van der Waals surface area contributed by atoms with E-state index in [2.05, 4.69) is 199 Å². The number of rotatable bonds is 6. The monoisotopic (exact) mass is 799 g/mol. The van der Waals surface area contributed by atoms with E-state index in [0.29, 0.717) is 5.56 Å². The lowest BCUT2D eigenvalue weighted by Gasteiger charge is -2.30. The maximum absolute atomic E-state index is 10.2. The van der Waals surface area contributed by atoms with Gasteiger partial charge in [-0.05, 0) is 138 Å². The Balaban J connectivity index is 1.07. The summed E-state index contributed by atoms with van der Waals surface area (Å²) in [4.78, 5) is 9.83. The van der Waals surface area contributed by atoms with E-state index >= 15 is 0 Å². The Morgan fingerprint density at radius 3 is 1.43 bits per heavy atom. The lowest BCUT2D eigenvalue weighted by molar-refractivity contribution is 0.793. The first kappa shape index (κ1) is 36.4. The standard InChI is InChI=1S/C60H37N3/c61-37-39-21-27-52-53-28-26-44(34-57(53)60(56(52)30-39)54-19-9-7-17-50(54)51-18-8-10-20-55(51)60)46-31-47(45-16-11-29-62-38-45)33-48(32-46)49-35-58(42-14-5-2-6-15-42)63-59(36-49)43-24-22-41(23-25-43)40-12-3-1-4-13-40/h1-36,38H. The molecule has 0 atom stereocenters. The number of nitrogens with zero attached hydrogens (tertiary/aromatic N) is 3. The van der Waals surface area contributed by atoms with E-state index in [1.165, 1.54) is 50.1 Å². The third-order valence-electron chi connectivity index (χ3n) is 13.0. The van der Waals surface area contributed by atoms with Crippen LogP contribution in [0.1, 0.15) is 27.8 Å². The molecule has 12 rings (SSSR count). The number of benzene rings is 8. The summed E-state index contributed by atoms with van der Waals surface area (Å²) in [5.74, 6) is 0. The second-order valence-corrected chi connectivity index (χ2v) is 16.5. The van der Waals surface area contributed by atoms with Gasteiger partial charge in [0.1, 0.15) is 0 Å². The van der Waals surface area contributed by atoms with E-state index in [4.69, 9.17) is 4.98 Å². The number of hydrogen-bond donors (Lipinski definition) is 0. The second kappa shape index (κ2) is 14.6. The summed E-state index contributed by atoms with van der Waals surface area (Å²) < 4.78 is 0. The van der Waals surface area contributed by atoms with E-state index in [1.54, 1.807) is 0 Å². The van der Waals surface area contributed by atoms with E-state index in [-0.39, 0.29) is 0 Å². The molecule has 8 aromatic carbocycles. The molecule has 0 saturated carbocycles. The van der Waals surface area contributed by atoms with Crippen molar-refractivity contribution in [3.8, 4) is 95.3 Å². The normalized spacial score (nSPS) is 12.6. The molecule has 0 N–H and O–H groups in total. The minimum Gasteiger partial charge on any atom is -0.264 e. The summed E-state index contributed by atoms with van der Waals surface area (Å²) in [6, 6.07) is 78.4. The van der Waals surface area contributed by atoms with Crippen LogP contribution in [0.15, 0.2) is 225 Å². The van der Waals surface area contributed by atoms with Gasteiger partial charge in [-0.2, -0.15) is 5.26 Å². The fourth-order valence-electron chi connectivity index (χ4n) is 10.1. The van der Waals surface area contributed by atoms with Crippen LogP contribution in [0.25, 0.3) is 89.3 Å². The molecule has 0 aliphatic heterocycles. The molecule has 63 heavy (non-hydrogen) atoms. The van der Waals surface area contributed by atoms with Gasteiger partial charge in [-0.1, -0.05) is 158 Å². The summed E-state index contributed by atoms with van der Waals surface area (Å²) >= 11 is 0. The first-order chi connectivity index (χ1) is 31.2. The molecule has 2 aromatic heterocycles. The highest BCUT2D eigenvalue weighted by Gasteiger charge is 2.51. The lowest BCUT2D eigenvalue weighted by Crippen LogP contribution is -2.26. The Morgan fingerprint density at radius 1 is 0.333 bits per heavy atom. The molecule has 3 heteroatoms. The van der Waals surface area contributed by atoms with Crippen molar-refractivity contribution in [2.24, 2.45) is 0 Å². The Morgan fingerprint density at radius 2 is 0.794 bits per heavy atom. The van der Waals surface area contributed by atoms with Crippen LogP contribution in [0, 0.1) is 11.3 Å². The number of aromatic nitrogens is 2. The van der Waals surface area contributed by atoms with Crippen molar-refractivity contribution < 1.29 is 0 Å². The molecule has 0 bridgehead atoms. The molecular formula is C60H37N3. The highest BCUT2D eigenvalue weighted by atomic mass is 14.7. The van der Waals surface area contributed by atoms with Crippen molar-refractivity contribution >= 4 is 0 Å². The number of fused-ring (bicyclic) bond motifs is 10. The molecule has 0 amide bonds. The summed E-state index contributed by atoms with van der Waals surface area (Å²) in [7, 11) is 0. The van der Waals surface area contributed by atoms with Gasteiger partial charge < -0.3 is 0 Å². The van der Waals surface area contributed by atoms with Crippen molar-refractivity contribution in [3.63, 3.8) is 0 Å². The molecule has 2 aliphatic carbocycles. The van der Waals surface area contributed by atoms with Gasteiger partial charge in [0.2, 0.25) is 0 Å². The Kier molecular flexibility index (Phi) is 8.45. The SMILES string of the molecule is N#Cc1ccc2c(c1)C1(c3ccccc3-c3ccccc31)c1cc(-c3cc(-c4cccnc4)cc(-c4cc(-c5ccccc5)nc(-c5ccc(-c6ccccc6)cc5)c4)c3)ccc1-2. The van der Waals surface area contributed by atoms with Gasteiger partial charge in [0, 0.05) is 29.1 Å². The largest absolute Gasteiger partial charge is 0.264 e. The molecule has 3 nitrogen and oxygen atoms in total. The minimum absolute atomic E-state index is 0.578. The van der Waals surface area contributed by atoms with Crippen LogP contribution in [0.5, 0.6) is 0 Å². The van der Waals surface area contributed by atoms with Crippen LogP contribution < -0.4 is 0 Å². The van der Waals surface area contributed by atoms with E-state index in [9.17, 15) is 5.26 Å². The van der Waals surface area contributed by atoms with E-state index < -0.39 is 5.41 Å². The van der Waals surface area contributed by atoms with Crippen LogP contribution >= 0.6 is 0 Å². The van der Waals surface area contributed by atoms with Crippen molar-refractivity contribution in [1.82, 2.24) is 9.97 Å². The minimum atomic E-state index is -0.578. The molecule has 10 aromatic rings. The highest BCUT2D eigenvalue weighted by Crippen LogP contribution is 2.63. The van der Waals surface area contributed by atoms with Crippen molar-refractivity contribution in [3.05, 3.63) is 253 Å². The van der Waals surface area contributed by atoms with Crippen molar-refractivity contribution in [2.45, 2.75) is 5.41 Å². The van der Waals surface area contributed by atoms with Gasteiger partial charge in [0.05, 0.1) is 28.4 Å². The van der Waals surface area contributed by atoms with Gasteiger partial charge in [-0.3, -0.25) is 4.98 Å². The van der Waals surface area contributed by atoms with Gasteiger partial charge in [-0.25, -0.2) is 4.98 Å². The maximum Gasteiger partial charge on any atom is 0.0991 e. The van der Waals surface area contributed by atoms with Crippen LogP contribution in [0.3, 0.4) is 0 Å². The topological polar surface area (TPSA) is 49.6 Å². The quantitative estimate of drug-likeness (QED) is 0.168. The number of nitriles is 1. The third-order valence-corrected chi connectivity index (χ3v) is 13.0. The first-order valence-electron chi connectivity index (χ1n) is 21.3. The fraction of sp³-hybridized carbons (Fsp3) is 0.0167.